The number of hydrogen-bond acceptors (Lipinski definition) is 3. The van der Waals surface area contributed by atoms with Crippen LogP contribution in [0.15, 0.2) is 5.11 Å². The van der Waals surface area contributed by atoms with Crippen molar-refractivity contribution in [3.63, 3.8) is 0 Å². The van der Waals surface area contributed by atoms with Crippen LogP contribution in [0, 0.1) is 0 Å². The van der Waals surface area contributed by atoms with Crippen LogP contribution in [-0.4, -0.2) is 41.8 Å². The molecule has 1 aliphatic heterocycles. The second-order valence-electron chi connectivity index (χ2n) is 3.44. The van der Waals surface area contributed by atoms with Crippen molar-refractivity contribution in [3.05, 3.63) is 10.4 Å². The molecule has 2 unspecified atom stereocenters. The summed E-state index contributed by atoms with van der Waals surface area (Å²) in [5.41, 5.74) is 8.11. The standard InChI is InChI=1S/C8H16N4O/c1-7(13)8-3-2-5-12(8)6-4-10-11-9/h7-8,13H,2-6H2,1H3. The Hall–Kier alpha value is -0.770. The summed E-state index contributed by atoms with van der Waals surface area (Å²) in [7, 11) is 0. The fraction of sp³-hybridized carbons (Fsp3) is 1.00. The average Bonchev–Trinajstić information content (AvgIpc) is 2.53. The minimum absolute atomic E-state index is 0.258. The number of rotatable bonds is 4. The zero-order valence-electron chi connectivity index (χ0n) is 7.93. The largest absolute Gasteiger partial charge is 0.392 e. The highest BCUT2D eigenvalue weighted by molar-refractivity contribution is 4.83. The normalized spacial score (nSPS) is 25.5. The summed E-state index contributed by atoms with van der Waals surface area (Å²) >= 11 is 0. The molecule has 0 aromatic heterocycles. The molecule has 0 saturated carbocycles. The van der Waals surface area contributed by atoms with Crippen molar-refractivity contribution in [1.82, 2.24) is 4.90 Å². The number of aliphatic hydroxyl groups excluding tert-OH is 1. The summed E-state index contributed by atoms with van der Waals surface area (Å²) in [6.07, 6.45) is 1.90. The van der Waals surface area contributed by atoms with E-state index in [1.54, 1.807) is 0 Å². The third-order valence-corrected chi connectivity index (χ3v) is 2.52. The summed E-state index contributed by atoms with van der Waals surface area (Å²) in [5.74, 6) is 0. The predicted octanol–water partition coefficient (Wildman–Crippen LogP) is 1.14. The van der Waals surface area contributed by atoms with E-state index in [2.05, 4.69) is 14.9 Å². The summed E-state index contributed by atoms with van der Waals surface area (Å²) < 4.78 is 0. The smallest absolute Gasteiger partial charge is 0.0667 e. The molecular formula is C8H16N4O. The van der Waals surface area contributed by atoms with E-state index in [-0.39, 0.29) is 12.1 Å². The molecule has 1 heterocycles. The van der Waals surface area contributed by atoms with E-state index in [1.807, 2.05) is 6.92 Å². The number of likely N-dealkylation sites (tertiary alicyclic amines) is 1. The minimum atomic E-state index is -0.284. The van der Waals surface area contributed by atoms with Crippen molar-refractivity contribution in [2.75, 3.05) is 19.6 Å². The van der Waals surface area contributed by atoms with Crippen LogP contribution in [0.1, 0.15) is 19.8 Å². The van der Waals surface area contributed by atoms with Gasteiger partial charge in [0.2, 0.25) is 0 Å². The molecule has 1 saturated heterocycles. The van der Waals surface area contributed by atoms with Crippen LogP contribution in [0.25, 0.3) is 10.4 Å². The van der Waals surface area contributed by atoms with Crippen LogP contribution in [0.3, 0.4) is 0 Å². The summed E-state index contributed by atoms with van der Waals surface area (Å²) in [6.45, 7) is 4.09. The number of hydrogen-bond donors (Lipinski definition) is 1. The van der Waals surface area contributed by atoms with Crippen LogP contribution in [-0.2, 0) is 0 Å². The van der Waals surface area contributed by atoms with Crippen LogP contribution >= 0.6 is 0 Å². The molecule has 1 N–H and O–H groups in total. The summed E-state index contributed by atoms with van der Waals surface area (Å²) in [4.78, 5) is 4.90. The van der Waals surface area contributed by atoms with Gasteiger partial charge >= 0.3 is 0 Å². The monoisotopic (exact) mass is 184 g/mol. The van der Waals surface area contributed by atoms with Gasteiger partial charge < -0.3 is 5.11 Å². The van der Waals surface area contributed by atoms with E-state index < -0.39 is 0 Å². The Bertz CT molecular complexity index is 200. The third-order valence-electron chi connectivity index (χ3n) is 2.52. The van der Waals surface area contributed by atoms with Crippen molar-refractivity contribution in [2.24, 2.45) is 5.11 Å². The molecule has 1 aliphatic rings. The second kappa shape index (κ2) is 5.07. The Labute approximate surface area is 78.0 Å². The molecule has 5 heteroatoms. The zero-order chi connectivity index (χ0) is 9.68. The molecule has 0 spiro atoms. The van der Waals surface area contributed by atoms with Gasteiger partial charge in [0.1, 0.15) is 0 Å². The fourth-order valence-corrected chi connectivity index (χ4v) is 1.89. The van der Waals surface area contributed by atoms with Crippen molar-refractivity contribution >= 4 is 0 Å². The molecule has 0 aliphatic carbocycles. The van der Waals surface area contributed by atoms with E-state index in [9.17, 15) is 5.11 Å². The molecule has 2 atom stereocenters. The van der Waals surface area contributed by atoms with Crippen LogP contribution in [0.2, 0.25) is 0 Å². The van der Waals surface area contributed by atoms with Crippen molar-refractivity contribution in [2.45, 2.75) is 31.9 Å². The molecule has 0 aromatic carbocycles. The van der Waals surface area contributed by atoms with E-state index in [4.69, 9.17) is 5.53 Å². The third kappa shape index (κ3) is 2.88. The predicted molar refractivity (Wildman–Crippen MR) is 50.3 cm³/mol. The maximum atomic E-state index is 9.43. The molecule has 0 radical (unpaired) electrons. The first-order valence-corrected chi connectivity index (χ1v) is 4.68. The summed E-state index contributed by atoms with van der Waals surface area (Å²) in [5, 5.41) is 12.9. The van der Waals surface area contributed by atoms with Crippen LogP contribution in [0.4, 0.5) is 0 Å². The van der Waals surface area contributed by atoms with Gasteiger partial charge in [-0.15, -0.1) is 0 Å². The summed E-state index contributed by atoms with van der Waals surface area (Å²) in [6, 6.07) is 0.258. The minimum Gasteiger partial charge on any atom is -0.392 e. The van der Waals surface area contributed by atoms with Gasteiger partial charge in [0.05, 0.1) is 6.10 Å². The Morgan fingerprint density at radius 1 is 1.77 bits per heavy atom. The van der Waals surface area contributed by atoms with Gasteiger partial charge in [-0.2, -0.15) is 0 Å². The lowest BCUT2D eigenvalue weighted by atomic mass is 10.1. The highest BCUT2D eigenvalue weighted by Gasteiger charge is 2.27. The maximum absolute atomic E-state index is 9.43. The molecular weight excluding hydrogens is 168 g/mol. The van der Waals surface area contributed by atoms with Crippen LogP contribution in [0.5, 0.6) is 0 Å². The lowest BCUT2D eigenvalue weighted by Crippen LogP contribution is -2.38. The molecule has 74 valence electrons. The lowest BCUT2D eigenvalue weighted by molar-refractivity contribution is 0.0885. The Morgan fingerprint density at radius 2 is 2.54 bits per heavy atom. The van der Waals surface area contributed by atoms with Gasteiger partial charge in [-0.25, -0.2) is 0 Å². The van der Waals surface area contributed by atoms with Crippen molar-refractivity contribution < 1.29 is 5.11 Å². The first-order chi connectivity index (χ1) is 6.25. The number of nitrogens with zero attached hydrogens (tertiary/aromatic N) is 4. The Morgan fingerprint density at radius 3 is 3.15 bits per heavy atom. The molecule has 5 nitrogen and oxygen atoms in total. The van der Waals surface area contributed by atoms with Gasteiger partial charge in [-0.3, -0.25) is 4.90 Å². The molecule has 1 rings (SSSR count). The maximum Gasteiger partial charge on any atom is 0.0667 e. The SMILES string of the molecule is CC(O)C1CCCN1CCN=[N+]=[N-]. The highest BCUT2D eigenvalue weighted by atomic mass is 16.3. The van der Waals surface area contributed by atoms with E-state index in [0.717, 1.165) is 25.9 Å². The second-order valence-corrected chi connectivity index (χ2v) is 3.44. The Balaban J connectivity index is 2.35. The first-order valence-electron chi connectivity index (χ1n) is 4.68. The zero-order valence-corrected chi connectivity index (χ0v) is 7.93. The van der Waals surface area contributed by atoms with Gasteiger partial charge in [-0.1, -0.05) is 5.11 Å². The van der Waals surface area contributed by atoms with E-state index >= 15 is 0 Å². The molecule has 13 heavy (non-hydrogen) atoms. The molecule has 1 fully saturated rings. The average molecular weight is 184 g/mol. The van der Waals surface area contributed by atoms with Gasteiger partial charge in [0.25, 0.3) is 0 Å². The quantitative estimate of drug-likeness (QED) is 0.404. The van der Waals surface area contributed by atoms with Gasteiger partial charge in [0, 0.05) is 24.0 Å². The molecule has 0 bridgehead atoms. The molecule has 0 aromatic rings. The topological polar surface area (TPSA) is 72.2 Å². The van der Waals surface area contributed by atoms with E-state index in [0.29, 0.717) is 6.54 Å². The number of azide groups is 1. The number of aliphatic hydroxyl groups is 1. The van der Waals surface area contributed by atoms with Gasteiger partial charge in [0.15, 0.2) is 0 Å². The highest BCUT2D eigenvalue weighted by Crippen LogP contribution is 2.19. The van der Waals surface area contributed by atoms with Crippen molar-refractivity contribution in [1.29, 1.82) is 0 Å². The first kappa shape index (κ1) is 10.3. The van der Waals surface area contributed by atoms with Gasteiger partial charge in [-0.05, 0) is 31.8 Å². The fourth-order valence-electron chi connectivity index (χ4n) is 1.89. The van der Waals surface area contributed by atoms with E-state index in [1.165, 1.54) is 0 Å². The lowest BCUT2D eigenvalue weighted by Gasteiger charge is -2.25. The Kier molecular flexibility index (Phi) is 4.02. The molecule has 0 amide bonds. The van der Waals surface area contributed by atoms with Crippen LogP contribution < -0.4 is 0 Å². The van der Waals surface area contributed by atoms with Crippen molar-refractivity contribution in [3.8, 4) is 0 Å².